The number of rotatable bonds is 4. The van der Waals surface area contributed by atoms with Crippen molar-refractivity contribution in [2.24, 2.45) is 0 Å². The van der Waals surface area contributed by atoms with Gasteiger partial charge in [-0.2, -0.15) is 0 Å². The van der Waals surface area contributed by atoms with Crippen LogP contribution in [0, 0.1) is 0 Å². The van der Waals surface area contributed by atoms with Gasteiger partial charge in [-0.1, -0.05) is 141 Å². The molecule has 4 nitrogen and oxygen atoms in total. The lowest BCUT2D eigenvalue weighted by molar-refractivity contribution is 0.592. The van der Waals surface area contributed by atoms with Crippen molar-refractivity contribution in [3.63, 3.8) is 0 Å². The molecule has 3 aromatic heterocycles. The topological polar surface area (TPSA) is 39.3 Å². The first-order valence-corrected chi connectivity index (χ1v) is 18.9. The third-order valence-electron chi connectivity index (χ3n) is 9.74. The van der Waals surface area contributed by atoms with Crippen molar-refractivity contribution < 1.29 is 4.57 Å². The average molecular weight is 664 g/mol. The molecule has 50 heavy (non-hydrogen) atoms. The van der Waals surface area contributed by atoms with Crippen LogP contribution in [0.25, 0.3) is 65.8 Å². The van der Waals surface area contributed by atoms with Crippen LogP contribution in [0.5, 0.6) is 0 Å². The van der Waals surface area contributed by atoms with Crippen LogP contribution in [-0.4, -0.2) is 14.0 Å². The van der Waals surface area contributed by atoms with Crippen LogP contribution in [0.1, 0.15) is 13.8 Å². The van der Waals surface area contributed by atoms with Gasteiger partial charge in [-0.05, 0) is 47.9 Å². The first-order chi connectivity index (χ1) is 24.7. The molecule has 240 valence electrons. The van der Waals surface area contributed by atoms with Crippen molar-refractivity contribution in [2.75, 3.05) is 0 Å². The number of hydrogen-bond donors (Lipinski definition) is 0. The second-order valence-corrected chi connectivity index (χ2v) is 15.1. The van der Waals surface area contributed by atoms with Gasteiger partial charge in [0.2, 0.25) is 0 Å². The Bertz CT molecular complexity index is 2880. The molecule has 0 fully saturated rings. The summed E-state index contributed by atoms with van der Waals surface area (Å²) in [5.41, 5.74) is 7.27. The molecular weight excluding hydrogens is 629 g/mol. The number of hydrogen-bond acceptors (Lipinski definition) is 2. The van der Waals surface area contributed by atoms with Gasteiger partial charge < -0.3 is 9.13 Å². The Morgan fingerprint density at radius 3 is 1.72 bits per heavy atom. The van der Waals surface area contributed by atoms with Crippen molar-refractivity contribution in [1.29, 1.82) is 0 Å². The lowest BCUT2D eigenvalue weighted by Crippen LogP contribution is -2.25. The highest BCUT2D eigenvalue weighted by atomic mass is 31.2. The number of pyridine rings is 1. The zero-order chi connectivity index (χ0) is 33.8. The number of fused-ring (bicyclic) bond motifs is 11. The molecule has 7 aromatic carbocycles. The van der Waals surface area contributed by atoms with E-state index < -0.39 is 7.14 Å². The maximum absolute atomic E-state index is 15.4. The summed E-state index contributed by atoms with van der Waals surface area (Å²) in [6.07, 6.45) is 0. The molecule has 0 atom stereocenters. The average Bonchev–Trinajstić information content (AvgIpc) is 3.75. The maximum atomic E-state index is 15.4. The van der Waals surface area contributed by atoms with E-state index >= 15 is 4.57 Å². The molecule has 5 heteroatoms. The predicted octanol–water partition coefficient (Wildman–Crippen LogP) is 10.6. The van der Waals surface area contributed by atoms with Crippen LogP contribution in [0.15, 0.2) is 170 Å². The zero-order valence-corrected chi connectivity index (χ0v) is 28.8. The molecule has 0 spiro atoms. The fourth-order valence-corrected chi connectivity index (χ4v) is 10.3. The van der Waals surface area contributed by atoms with E-state index in [1.807, 2.05) is 92.7 Å². The van der Waals surface area contributed by atoms with Gasteiger partial charge in [0.05, 0.1) is 27.6 Å². The van der Waals surface area contributed by atoms with E-state index in [2.05, 4.69) is 100.0 Å². The first-order valence-electron chi connectivity index (χ1n) is 17.2. The number of aromatic nitrogens is 3. The normalized spacial score (nSPS) is 11.9. The highest BCUT2D eigenvalue weighted by Gasteiger charge is 2.30. The van der Waals surface area contributed by atoms with E-state index in [4.69, 9.17) is 4.98 Å². The summed E-state index contributed by atoms with van der Waals surface area (Å²) in [6, 6.07) is 58.3. The Kier molecular flexibility index (Phi) is 7.15. The maximum Gasteiger partial charge on any atom is 0.171 e. The zero-order valence-electron chi connectivity index (χ0n) is 27.9. The van der Waals surface area contributed by atoms with Gasteiger partial charge in [0.25, 0.3) is 0 Å². The van der Waals surface area contributed by atoms with Crippen molar-refractivity contribution in [2.45, 2.75) is 13.8 Å². The van der Waals surface area contributed by atoms with Crippen LogP contribution in [-0.2, 0) is 4.57 Å². The fraction of sp³-hybridized carbons (Fsp3) is 0.0444. The molecular formula is C45H34N3OP. The molecule has 3 heterocycles. The molecule has 0 saturated carbocycles. The van der Waals surface area contributed by atoms with E-state index in [1.165, 1.54) is 21.5 Å². The summed E-state index contributed by atoms with van der Waals surface area (Å²) in [4.78, 5) is 5.12. The van der Waals surface area contributed by atoms with Crippen LogP contribution in [0.3, 0.4) is 0 Å². The monoisotopic (exact) mass is 663 g/mol. The Balaban J connectivity index is 0.00000165. The first kappa shape index (κ1) is 30.1. The Morgan fingerprint density at radius 2 is 1.00 bits per heavy atom. The van der Waals surface area contributed by atoms with Gasteiger partial charge in [0.1, 0.15) is 5.65 Å². The molecule has 0 aliphatic carbocycles. The van der Waals surface area contributed by atoms with Gasteiger partial charge in [-0.15, -0.1) is 0 Å². The second kappa shape index (κ2) is 11.9. The van der Waals surface area contributed by atoms with Crippen molar-refractivity contribution in [1.82, 2.24) is 14.0 Å². The summed E-state index contributed by atoms with van der Waals surface area (Å²) in [6.45, 7) is 4.00. The fourth-order valence-electron chi connectivity index (χ4n) is 7.60. The van der Waals surface area contributed by atoms with Crippen LogP contribution < -0.4 is 15.9 Å². The minimum absolute atomic E-state index is 0.804. The highest BCUT2D eigenvalue weighted by molar-refractivity contribution is 7.85. The summed E-state index contributed by atoms with van der Waals surface area (Å²) < 4.78 is 20.0. The predicted molar refractivity (Wildman–Crippen MR) is 213 cm³/mol. The summed E-state index contributed by atoms with van der Waals surface area (Å²) in [7, 11) is -3.17. The van der Waals surface area contributed by atoms with Crippen molar-refractivity contribution in [3.05, 3.63) is 170 Å². The lowest BCUT2D eigenvalue weighted by Gasteiger charge is -2.21. The van der Waals surface area contributed by atoms with E-state index in [9.17, 15) is 0 Å². The Morgan fingerprint density at radius 1 is 0.440 bits per heavy atom. The largest absolute Gasteiger partial charge is 0.309 e. The molecule has 0 saturated heterocycles. The molecule has 10 aromatic rings. The molecule has 0 amide bonds. The Hall–Kier alpha value is -5.96. The lowest BCUT2D eigenvalue weighted by atomic mass is 10.0. The third-order valence-corrected chi connectivity index (χ3v) is 12.8. The van der Waals surface area contributed by atoms with Gasteiger partial charge in [-0.25, -0.2) is 4.98 Å². The molecule has 0 aliphatic rings. The second-order valence-electron chi connectivity index (χ2n) is 12.3. The number of benzene rings is 7. The van der Waals surface area contributed by atoms with Gasteiger partial charge in [-0.3, -0.25) is 4.40 Å². The van der Waals surface area contributed by atoms with Crippen LogP contribution in [0.2, 0.25) is 0 Å². The quantitative estimate of drug-likeness (QED) is 0.139. The van der Waals surface area contributed by atoms with E-state index in [0.29, 0.717) is 0 Å². The summed E-state index contributed by atoms with van der Waals surface area (Å²) >= 11 is 0. The van der Waals surface area contributed by atoms with Gasteiger partial charge in [0, 0.05) is 43.1 Å². The molecule has 0 bridgehead atoms. The third kappa shape index (κ3) is 4.39. The van der Waals surface area contributed by atoms with Crippen LogP contribution >= 0.6 is 7.14 Å². The van der Waals surface area contributed by atoms with Crippen molar-refractivity contribution in [3.8, 4) is 5.69 Å². The number of nitrogens with zero attached hydrogens (tertiary/aromatic N) is 3. The van der Waals surface area contributed by atoms with E-state index in [1.54, 1.807) is 0 Å². The molecule has 0 aliphatic heterocycles. The van der Waals surface area contributed by atoms with Crippen molar-refractivity contribution >= 4 is 83.2 Å². The molecule has 10 rings (SSSR count). The Labute approximate surface area is 290 Å². The van der Waals surface area contributed by atoms with Crippen LogP contribution in [0.4, 0.5) is 0 Å². The smallest absolute Gasteiger partial charge is 0.171 e. The molecule has 0 radical (unpaired) electrons. The minimum Gasteiger partial charge on any atom is -0.309 e. The summed E-state index contributed by atoms with van der Waals surface area (Å²) in [5.74, 6) is 0. The van der Waals surface area contributed by atoms with E-state index in [0.717, 1.165) is 60.2 Å². The SMILES string of the molecule is CC.O=P(c1ccccc1)(c1ccccc1)c1cccc(-n2c3ccccc3c3cc4c5ccccc5c5nc6ccccc6n5c4cc32)c1. The number of imidazole rings is 1. The number of para-hydroxylation sites is 3. The summed E-state index contributed by atoms with van der Waals surface area (Å²) in [5, 5.41) is 8.30. The standard InChI is InChI=1S/C43H28N3OP.C2H6/c47-48(30-15-3-1-4-16-30,31-17-5-2-6-18-31)32-19-13-14-29(26-32)45-39-24-11-9-21-34(39)37-27-36-33-20-7-8-22-35(33)43-44-38-23-10-12-25-40(38)46(43)42(36)28-41(37)45;1-2/h1-28H;1-2H3. The molecule has 0 N–H and O–H groups in total. The van der Waals surface area contributed by atoms with Gasteiger partial charge >= 0.3 is 0 Å². The van der Waals surface area contributed by atoms with E-state index in [-0.39, 0.29) is 0 Å². The van der Waals surface area contributed by atoms with Gasteiger partial charge in [0.15, 0.2) is 7.14 Å². The molecule has 0 unspecified atom stereocenters. The minimum atomic E-state index is -3.17. The highest BCUT2D eigenvalue weighted by Crippen LogP contribution is 2.44.